The van der Waals surface area contributed by atoms with Gasteiger partial charge in [-0.15, -0.1) is 0 Å². The van der Waals surface area contributed by atoms with Gasteiger partial charge in [0.25, 0.3) is 11.5 Å². The SMILES string of the molecule is CC(C)C(C(C)C)P(=O)(ONC(=O)c1cnc(-c2ccccn2)[nH]c1=O)Oc1ccccc1. The highest BCUT2D eigenvalue weighted by atomic mass is 31.2. The van der Waals surface area contributed by atoms with E-state index in [0.717, 1.165) is 6.20 Å². The van der Waals surface area contributed by atoms with Crippen molar-refractivity contribution in [3.63, 3.8) is 0 Å². The minimum absolute atomic E-state index is 0.0702. The molecule has 0 fully saturated rings. The van der Waals surface area contributed by atoms with Crippen molar-refractivity contribution in [3.05, 3.63) is 76.8 Å². The Balaban J connectivity index is 1.83. The molecule has 1 amide bonds. The van der Waals surface area contributed by atoms with E-state index in [-0.39, 0.29) is 23.2 Å². The Kier molecular flexibility index (Phi) is 7.79. The minimum Gasteiger partial charge on any atom is -0.423 e. The van der Waals surface area contributed by atoms with Crippen LogP contribution >= 0.6 is 7.60 Å². The van der Waals surface area contributed by atoms with Crippen LogP contribution in [0.25, 0.3) is 11.5 Å². The minimum atomic E-state index is -3.89. The number of para-hydroxylation sites is 1. The lowest BCUT2D eigenvalue weighted by Crippen LogP contribution is -2.34. The molecular formula is C23H27N4O5P. The van der Waals surface area contributed by atoms with Crippen molar-refractivity contribution in [2.24, 2.45) is 11.8 Å². The van der Waals surface area contributed by atoms with Gasteiger partial charge < -0.3 is 9.51 Å². The molecule has 0 radical (unpaired) electrons. The predicted octanol–water partition coefficient (Wildman–Crippen LogP) is 4.45. The van der Waals surface area contributed by atoms with E-state index in [1.54, 1.807) is 54.7 Å². The molecule has 3 aromatic rings. The van der Waals surface area contributed by atoms with Gasteiger partial charge in [-0.25, -0.2) is 15.0 Å². The van der Waals surface area contributed by atoms with Crippen LogP contribution in [0.1, 0.15) is 38.1 Å². The van der Waals surface area contributed by atoms with E-state index in [0.29, 0.717) is 11.4 Å². The Bertz CT molecular complexity index is 1170. The van der Waals surface area contributed by atoms with Crippen molar-refractivity contribution in [2.45, 2.75) is 33.4 Å². The molecule has 174 valence electrons. The normalized spacial score (nSPS) is 13.2. The summed E-state index contributed by atoms with van der Waals surface area (Å²) in [6.45, 7) is 7.62. The molecule has 2 heterocycles. The molecule has 0 bridgehead atoms. The van der Waals surface area contributed by atoms with Crippen LogP contribution in [0, 0.1) is 11.8 Å². The van der Waals surface area contributed by atoms with Gasteiger partial charge in [0.15, 0.2) is 5.82 Å². The van der Waals surface area contributed by atoms with Gasteiger partial charge in [-0.05, 0) is 36.1 Å². The molecule has 10 heteroatoms. The molecule has 0 aliphatic rings. The summed E-state index contributed by atoms with van der Waals surface area (Å²) in [6, 6.07) is 13.8. The number of rotatable bonds is 9. The van der Waals surface area contributed by atoms with E-state index in [1.807, 2.05) is 27.7 Å². The summed E-state index contributed by atoms with van der Waals surface area (Å²) in [7, 11) is -3.89. The Morgan fingerprint density at radius 3 is 2.24 bits per heavy atom. The van der Waals surface area contributed by atoms with Crippen LogP contribution in [-0.4, -0.2) is 26.5 Å². The molecule has 9 nitrogen and oxygen atoms in total. The van der Waals surface area contributed by atoms with Crippen molar-refractivity contribution in [3.8, 4) is 17.3 Å². The number of aromatic amines is 1. The maximum atomic E-state index is 13.9. The van der Waals surface area contributed by atoms with Gasteiger partial charge in [0.2, 0.25) is 0 Å². The summed E-state index contributed by atoms with van der Waals surface area (Å²) >= 11 is 0. The number of aromatic nitrogens is 3. The van der Waals surface area contributed by atoms with Gasteiger partial charge in [0, 0.05) is 12.4 Å². The highest BCUT2D eigenvalue weighted by Gasteiger charge is 2.43. The summed E-state index contributed by atoms with van der Waals surface area (Å²) in [4.78, 5) is 35.9. The van der Waals surface area contributed by atoms with E-state index in [4.69, 9.17) is 9.15 Å². The molecule has 0 saturated heterocycles. The lowest BCUT2D eigenvalue weighted by atomic mass is 10.00. The smallest absolute Gasteiger partial charge is 0.403 e. The molecule has 1 atom stereocenters. The average Bonchev–Trinajstić information content (AvgIpc) is 2.78. The fourth-order valence-corrected chi connectivity index (χ4v) is 5.99. The standard InChI is InChI=1S/C23H27N4O5P/c1-15(2)20(16(3)4)33(30,31-17-10-6-5-7-11-17)32-27-23(29)18-14-25-21(26-22(18)28)19-12-8-9-13-24-19/h5-16,20H,1-4H3,(H,27,29)(H,25,26,28). The lowest BCUT2D eigenvalue weighted by Gasteiger charge is -2.31. The van der Waals surface area contributed by atoms with Crippen molar-refractivity contribution >= 4 is 13.5 Å². The third kappa shape index (κ3) is 5.94. The van der Waals surface area contributed by atoms with Crippen LogP contribution in [0.2, 0.25) is 0 Å². The fraction of sp³-hybridized carbons (Fsp3) is 0.304. The first-order chi connectivity index (χ1) is 15.7. The number of nitrogens with one attached hydrogen (secondary N) is 2. The Labute approximate surface area is 192 Å². The van der Waals surface area contributed by atoms with Crippen LogP contribution in [0.4, 0.5) is 0 Å². The zero-order valence-electron chi connectivity index (χ0n) is 18.9. The zero-order chi connectivity index (χ0) is 24.0. The summed E-state index contributed by atoms with van der Waals surface area (Å²) in [5, 5.41) is 0. The number of hydrogen-bond donors (Lipinski definition) is 2. The molecule has 0 spiro atoms. The van der Waals surface area contributed by atoms with Gasteiger partial charge in [0.05, 0.1) is 5.66 Å². The van der Waals surface area contributed by atoms with E-state index in [2.05, 4.69) is 20.4 Å². The molecule has 33 heavy (non-hydrogen) atoms. The van der Waals surface area contributed by atoms with Crippen molar-refractivity contribution in [1.29, 1.82) is 0 Å². The topological polar surface area (TPSA) is 123 Å². The lowest BCUT2D eigenvalue weighted by molar-refractivity contribution is 0.0719. The van der Waals surface area contributed by atoms with Gasteiger partial charge in [-0.3, -0.25) is 14.6 Å². The maximum absolute atomic E-state index is 13.9. The second-order valence-electron chi connectivity index (χ2n) is 8.13. The molecule has 1 aromatic carbocycles. The average molecular weight is 470 g/mol. The van der Waals surface area contributed by atoms with Crippen LogP contribution in [-0.2, 0) is 9.19 Å². The van der Waals surface area contributed by atoms with Gasteiger partial charge in [-0.1, -0.05) is 52.0 Å². The number of hydroxylamine groups is 1. The van der Waals surface area contributed by atoms with Crippen molar-refractivity contribution < 1.29 is 18.5 Å². The summed E-state index contributed by atoms with van der Waals surface area (Å²) in [5.41, 5.74) is 1.10. The number of nitrogens with zero attached hydrogens (tertiary/aromatic N) is 2. The molecule has 2 N–H and O–H groups in total. The highest BCUT2D eigenvalue weighted by molar-refractivity contribution is 7.55. The number of carbonyl (C=O) groups excluding carboxylic acids is 1. The summed E-state index contributed by atoms with van der Waals surface area (Å²) < 4.78 is 25.1. The Hall–Kier alpha value is -3.29. The molecule has 0 saturated carbocycles. The van der Waals surface area contributed by atoms with E-state index >= 15 is 0 Å². The molecule has 3 rings (SSSR count). The zero-order valence-corrected chi connectivity index (χ0v) is 19.8. The molecule has 2 aromatic heterocycles. The number of H-pyrrole nitrogens is 1. The second kappa shape index (κ2) is 10.6. The molecule has 0 aliphatic carbocycles. The molecular weight excluding hydrogens is 443 g/mol. The number of benzene rings is 1. The third-order valence-electron chi connectivity index (χ3n) is 4.92. The number of hydrogen-bond acceptors (Lipinski definition) is 7. The number of carbonyl (C=O) groups is 1. The van der Waals surface area contributed by atoms with Crippen LogP contribution in [0.5, 0.6) is 5.75 Å². The number of amides is 1. The summed E-state index contributed by atoms with van der Waals surface area (Å²) in [5.74, 6) is -0.464. The molecule has 1 unspecified atom stereocenters. The van der Waals surface area contributed by atoms with Crippen molar-refractivity contribution in [2.75, 3.05) is 0 Å². The number of pyridine rings is 1. The van der Waals surface area contributed by atoms with Crippen molar-refractivity contribution in [1.82, 2.24) is 20.4 Å². The van der Waals surface area contributed by atoms with Crippen LogP contribution in [0.15, 0.2) is 65.7 Å². The second-order valence-corrected chi connectivity index (χ2v) is 10.2. The summed E-state index contributed by atoms with van der Waals surface area (Å²) in [6.07, 6.45) is 2.68. The van der Waals surface area contributed by atoms with E-state index < -0.39 is 24.7 Å². The van der Waals surface area contributed by atoms with Gasteiger partial charge in [0.1, 0.15) is 17.0 Å². The fourth-order valence-electron chi connectivity index (χ4n) is 3.62. The first-order valence-electron chi connectivity index (χ1n) is 10.6. The first-order valence-corrected chi connectivity index (χ1v) is 12.2. The third-order valence-corrected chi connectivity index (χ3v) is 7.66. The molecule has 0 aliphatic heterocycles. The Morgan fingerprint density at radius 1 is 1.00 bits per heavy atom. The predicted molar refractivity (Wildman–Crippen MR) is 125 cm³/mol. The van der Waals surface area contributed by atoms with Gasteiger partial charge >= 0.3 is 7.60 Å². The monoisotopic (exact) mass is 470 g/mol. The largest absolute Gasteiger partial charge is 0.423 e. The van der Waals surface area contributed by atoms with Gasteiger partial charge in [-0.2, -0.15) is 4.62 Å². The van der Waals surface area contributed by atoms with E-state index in [9.17, 15) is 14.2 Å². The van der Waals surface area contributed by atoms with E-state index in [1.165, 1.54) is 0 Å². The maximum Gasteiger partial charge on any atom is 0.403 e. The van der Waals surface area contributed by atoms with Crippen LogP contribution in [0.3, 0.4) is 0 Å². The first kappa shape index (κ1) is 24.4. The van der Waals surface area contributed by atoms with Crippen LogP contribution < -0.4 is 15.6 Å². The highest BCUT2D eigenvalue weighted by Crippen LogP contribution is 2.57. The Morgan fingerprint density at radius 2 is 1.67 bits per heavy atom. The quantitative estimate of drug-likeness (QED) is 0.350.